The number of hydrogen-bond donors (Lipinski definition) is 3. The van der Waals surface area contributed by atoms with Crippen LogP contribution in [0.1, 0.15) is 19.4 Å². The van der Waals surface area contributed by atoms with E-state index in [0.717, 1.165) is 5.56 Å². The minimum absolute atomic E-state index is 0.0259. The van der Waals surface area contributed by atoms with Gasteiger partial charge >= 0.3 is 5.69 Å². The molecule has 0 saturated heterocycles. The molecule has 9 nitrogen and oxygen atoms in total. The molecule has 1 aromatic heterocycles. The van der Waals surface area contributed by atoms with Crippen LogP contribution in [0.25, 0.3) is 0 Å². The number of rotatable bonds is 9. The molecule has 0 atom stereocenters. The summed E-state index contributed by atoms with van der Waals surface area (Å²) in [7, 11) is 1.51. The van der Waals surface area contributed by atoms with Crippen LogP contribution in [-0.4, -0.2) is 35.7 Å². The lowest BCUT2D eigenvalue weighted by atomic mass is 10.2. The predicted octanol–water partition coefficient (Wildman–Crippen LogP) is 2.93. The molecule has 0 radical (unpaired) electrons. The Morgan fingerprint density at radius 1 is 1.21 bits per heavy atom. The van der Waals surface area contributed by atoms with Gasteiger partial charge in [0.1, 0.15) is 11.6 Å². The highest BCUT2D eigenvalue weighted by Gasteiger charge is 2.25. The zero-order valence-corrected chi connectivity index (χ0v) is 20.1. The summed E-state index contributed by atoms with van der Waals surface area (Å²) in [6, 6.07) is 14.2. The van der Waals surface area contributed by atoms with Gasteiger partial charge < -0.3 is 20.7 Å². The number of nitrogens with zero attached hydrogens (tertiary/aromatic N) is 2. The number of ether oxygens (including phenoxy) is 1. The van der Waals surface area contributed by atoms with Gasteiger partial charge in [-0.05, 0) is 29.7 Å². The fourth-order valence-corrected chi connectivity index (χ4v) is 3.70. The first-order valence-electron chi connectivity index (χ1n) is 10.8. The first-order chi connectivity index (χ1) is 16.2. The average Bonchev–Trinajstić information content (AvgIpc) is 2.80. The monoisotopic (exact) mass is 485 g/mol. The van der Waals surface area contributed by atoms with E-state index in [1.165, 1.54) is 16.6 Å². The number of hydrogen-bond acceptors (Lipinski definition) is 6. The maximum Gasteiger partial charge on any atom is 0.330 e. The third kappa shape index (κ3) is 5.79. The van der Waals surface area contributed by atoms with Crippen LogP contribution in [0.5, 0.6) is 5.75 Å². The lowest BCUT2D eigenvalue weighted by molar-refractivity contribution is -0.117. The predicted molar refractivity (Wildman–Crippen MR) is 135 cm³/mol. The Bertz CT molecular complexity index is 1270. The summed E-state index contributed by atoms with van der Waals surface area (Å²) in [5.74, 6) is 0.0594. The summed E-state index contributed by atoms with van der Waals surface area (Å²) < 4.78 is 6.56. The quantitative estimate of drug-likeness (QED) is 0.428. The Hall–Kier alpha value is -3.72. The van der Waals surface area contributed by atoms with E-state index in [2.05, 4.69) is 10.3 Å². The van der Waals surface area contributed by atoms with Gasteiger partial charge in [-0.2, -0.15) is 0 Å². The van der Waals surface area contributed by atoms with Crippen LogP contribution in [-0.2, 0) is 11.3 Å². The molecule has 0 aliphatic rings. The number of H-pyrrole nitrogens is 1. The second-order valence-electron chi connectivity index (χ2n) is 8.16. The maximum atomic E-state index is 13.3. The largest absolute Gasteiger partial charge is 0.495 e. The van der Waals surface area contributed by atoms with Crippen molar-refractivity contribution in [1.29, 1.82) is 0 Å². The third-order valence-corrected chi connectivity index (χ3v) is 5.34. The number of nitrogen functional groups attached to an aromatic ring is 1. The molecule has 4 N–H and O–H groups in total. The number of aromatic nitrogens is 2. The summed E-state index contributed by atoms with van der Waals surface area (Å²) in [5, 5.41) is 3.49. The minimum atomic E-state index is -0.721. The molecular formula is C24H28ClN5O4. The highest BCUT2D eigenvalue weighted by Crippen LogP contribution is 2.28. The van der Waals surface area contributed by atoms with Crippen LogP contribution >= 0.6 is 11.6 Å². The molecule has 1 amide bonds. The van der Waals surface area contributed by atoms with Crippen molar-refractivity contribution in [2.45, 2.75) is 20.4 Å². The number of benzene rings is 2. The van der Waals surface area contributed by atoms with Gasteiger partial charge in [0.2, 0.25) is 5.91 Å². The summed E-state index contributed by atoms with van der Waals surface area (Å²) in [6.45, 7) is 4.05. The molecule has 34 heavy (non-hydrogen) atoms. The smallest absolute Gasteiger partial charge is 0.330 e. The molecule has 3 rings (SSSR count). The fourth-order valence-electron chi connectivity index (χ4n) is 3.53. The molecule has 0 aliphatic carbocycles. The van der Waals surface area contributed by atoms with Gasteiger partial charge in [0.25, 0.3) is 5.56 Å². The van der Waals surface area contributed by atoms with E-state index in [4.69, 9.17) is 22.1 Å². The molecule has 180 valence electrons. The summed E-state index contributed by atoms with van der Waals surface area (Å²) in [6.07, 6.45) is 0. The Morgan fingerprint density at radius 2 is 1.91 bits per heavy atom. The lowest BCUT2D eigenvalue weighted by Crippen LogP contribution is -2.44. The summed E-state index contributed by atoms with van der Waals surface area (Å²) in [4.78, 5) is 42.2. The van der Waals surface area contributed by atoms with E-state index >= 15 is 0 Å². The number of methoxy groups -OCH3 is 1. The van der Waals surface area contributed by atoms with Crippen molar-refractivity contribution in [2.75, 3.05) is 36.1 Å². The van der Waals surface area contributed by atoms with Crippen LogP contribution in [0.4, 0.5) is 17.2 Å². The number of anilines is 3. The minimum Gasteiger partial charge on any atom is -0.495 e. The van der Waals surface area contributed by atoms with Crippen LogP contribution in [0.2, 0.25) is 5.02 Å². The standard InChI is InChI=1S/C24H28ClN5O4/c1-15(2)13-29(20(31)12-27-18-11-17(25)9-10-19(18)34-3)21-22(26)30(24(33)28-23(21)32)14-16-7-5-4-6-8-16/h4-11,15,27H,12-14,26H2,1-3H3,(H,28,32,33). The molecule has 0 saturated carbocycles. The topological polar surface area (TPSA) is 122 Å². The van der Waals surface area contributed by atoms with Crippen molar-refractivity contribution in [2.24, 2.45) is 5.92 Å². The summed E-state index contributed by atoms with van der Waals surface area (Å²) in [5.41, 5.74) is 6.24. The zero-order chi connectivity index (χ0) is 24.8. The molecule has 10 heteroatoms. The number of carbonyl (C=O) groups is 1. The lowest BCUT2D eigenvalue weighted by Gasteiger charge is -2.26. The van der Waals surface area contributed by atoms with E-state index in [1.807, 2.05) is 44.2 Å². The van der Waals surface area contributed by atoms with Crippen LogP contribution in [0.3, 0.4) is 0 Å². The van der Waals surface area contributed by atoms with Crippen LogP contribution in [0, 0.1) is 5.92 Å². The number of nitrogens with one attached hydrogen (secondary N) is 2. The number of halogens is 1. The molecule has 0 unspecified atom stereocenters. The van der Waals surface area contributed by atoms with Gasteiger partial charge in [0.15, 0.2) is 5.69 Å². The van der Waals surface area contributed by atoms with Crippen molar-refractivity contribution in [3.63, 3.8) is 0 Å². The Kier molecular flexibility index (Phi) is 8.01. The molecule has 3 aromatic rings. The van der Waals surface area contributed by atoms with E-state index in [-0.39, 0.29) is 37.1 Å². The molecule has 0 fully saturated rings. The van der Waals surface area contributed by atoms with E-state index in [1.54, 1.807) is 18.2 Å². The highest BCUT2D eigenvalue weighted by atomic mass is 35.5. The second-order valence-corrected chi connectivity index (χ2v) is 8.60. The summed E-state index contributed by atoms with van der Waals surface area (Å²) >= 11 is 6.07. The fraction of sp³-hybridized carbons (Fsp3) is 0.292. The number of nitrogens with two attached hydrogens (primary N) is 1. The van der Waals surface area contributed by atoms with Gasteiger partial charge in [-0.3, -0.25) is 19.1 Å². The maximum absolute atomic E-state index is 13.3. The van der Waals surface area contributed by atoms with Crippen molar-refractivity contribution in [3.8, 4) is 5.75 Å². The van der Waals surface area contributed by atoms with Crippen molar-refractivity contribution >= 4 is 34.7 Å². The molecule has 2 aromatic carbocycles. The van der Waals surface area contributed by atoms with Crippen molar-refractivity contribution < 1.29 is 9.53 Å². The van der Waals surface area contributed by atoms with E-state index in [9.17, 15) is 14.4 Å². The third-order valence-electron chi connectivity index (χ3n) is 5.11. The molecule has 1 heterocycles. The number of aromatic amines is 1. The second kappa shape index (κ2) is 10.9. The van der Waals surface area contributed by atoms with Crippen LogP contribution < -0.4 is 31.9 Å². The molecule has 0 aliphatic heterocycles. The average molecular weight is 486 g/mol. The number of amides is 1. The van der Waals surface area contributed by atoms with Crippen molar-refractivity contribution in [3.05, 3.63) is 80.0 Å². The first kappa shape index (κ1) is 24.9. The Morgan fingerprint density at radius 3 is 2.56 bits per heavy atom. The van der Waals surface area contributed by atoms with Gasteiger partial charge in [0, 0.05) is 11.6 Å². The molecule has 0 spiro atoms. The highest BCUT2D eigenvalue weighted by molar-refractivity contribution is 6.31. The first-order valence-corrected chi connectivity index (χ1v) is 11.1. The Balaban J connectivity index is 1.96. The zero-order valence-electron chi connectivity index (χ0n) is 19.3. The normalized spacial score (nSPS) is 10.9. The van der Waals surface area contributed by atoms with Gasteiger partial charge in [-0.15, -0.1) is 0 Å². The van der Waals surface area contributed by atoms with E-state index < -0.39 is 17.2 Å². The van der Waals surface area contributed by atoms with E-state index in [0.29, 0.717) is 16.5 Å². The number of carbonyl (C=O) groups excluding carboxylic acids is 1. The van der Waals surface area contributed by atoms with Gasteiger partial charge in [-0.1, -0.05) is 55.8 Å². The van der Waals surface area contributed by atoms with Crippen LogP contribution in [0.15, 0.2) is 58.1 Å². The van der Waals surface area contributed by atoms with Gasteiger partial charge in [-0.25, -0.2) is 4.79 Å². The van der Waals surface area contributed by atoms with Crippen molar-refractivity contribution in [1.82, 2.24) is 9.55 Å². The molecule has 0 bridgehead atoms. The Labute approximate surface area is 202 Å². The SMILES string of the molecule is COc1ccc(Cl)cc1NCC(=O)N(CC(C)C)c1c(N)n(Cc2ccccc2)c(=O)[nH]c1=O. The molecular weight excluding hydrogens is 458 g/mol. The van der Waals surface area contributed by atoms with Gasteiger partial charge in [0.05, 0.1) is 25.9 Å².